The maximum Gasteiger partial charge on any atom is 0.338 e. The van der Waals surface area contributed by atoms with E-state index in [-0.39, 0.29) is 29.8 Å². The van der Waals surface area contributed by atoms with E-state index in [1.54, 1.807) is 42.1 Å². The number of hydrogen-bond donors (Lipinski definition) is 2. The Balaban J connectivity index is 1.10. The third kappa shape index (κ3) is 7.15. The monoisotopic (exact) mass is 704 g/mol. The molecule has 16 heteroatoms. The first kappa shape index (κ1) is 34.5. The Morgan fingerprint density at radius 2 is 1.86 bits per heavy atom. The number of nitrogens with zero attached hydrogens (tertiary/aromatic N) is 9. The summed E-state index contributed by atoms with van der Waals surface area (Å²) in [5.74, 6) is 0.103. The fourth-order valence-corrected chi connectivity index (χ4v) is 7.42. The highest BCUT2D eigenvalue weighted by Crippen LogP contribution is 2.43. The molecule has 2 amide bonds. The standard InChI is InChI=1S/C35H42F2N10O4/c1-38-35(50)45-11-7-29-28(20-45)33(46-8-3-4-22-14-26(24-18-41-43(2)19-24)27(32(36)37)15-30(22)46)42-47(29)25-5-9-44(10-6-25)12-13-51-21-31-39-16-23(17-40-31)34(48)49/h14-19,25,32H,3-13,20-21H2,1-2H3,(H,38,50)(H,48,49). The van der Waals surface area contributed by atoms with Crippen molar-refractivity contribution in [1.82, 2.24) is 44.6 Å². The SMILES string of the molecule is CNC(=O)N1CCc2c(c(N3CCCc4cc(-c5cnn(C)c5)c(C(F)F)cc43)nn2C2CCN(CCOCc3ncc(C(=O)O)cn3)CC2)C1. The Hall–Kier alpha value is -4.96. The van der Waals surface area contributed by atoms with E-state index in [4.69, 9.17) is 14.9 Å². The zero-order valence-corrected chi connectivity index (χ0v) is 28.8. The van der Waals surface area contributed by atoms with E-state index in [0.29, 0.717) is 49.6 Å². The Bertz CT molecular complexity index is 1890. The second-order valence-electron chi connectivity index (χ2n) is 13.3. The lowest BCUT2D eigenvalue weighted by molar-refractivity contribution is 0.0692. The first-order chi connectivity index (χ1) is 24.7. The van der Waals surface area contributed by atoms with Gasteiger partial charge in [-0.3, -0.25) is 9.36 Å². The second kappa shape index (κ2) is 14.7. The van der Waals surface area contributed by atoms with Gasteiger partial charge in [-0.05, 0) is 48.9 Å². The fraction of sp³-hybridized carbons (Fsp3) is 0.486. The van der Waals surface area contributed by atoms with E-state index >= 15 is 0 Å². The molecule has 7 rings (SSSR count). The number of carboxylic acid groups (broad SMARTS) is 1. The number of rotatable bonds is 10. The van der Waals surface area contributed by atoms with Gasteiger partial charge in [-0.1, -0.05) is 0 Å². The van der Waals surface area contributed by atoms with Crippen molar-refractivity contribution in [2.45, 2.75) is 57.7 Å². The van der Waals surface area contributed by atoms with Gasteiger partial charge in [0.1, 0.15) is 6.61 Å². The molecule has 0 aliphatic carbocycles. The zero-order chi connectivity index (χ0) is 35.6. The first-order valence-electron chi connectivity index (χ1n) is 17.3. The van der Waals surface area contributed by atoms with E-state index in [9.17, 15) is 18.4 Å². The summed E-state index contributed by atoms with van der Waals surface area (Å²) >= 11 is 0. The topological polar surface area (TPSA) is 147 Å². The molecular weight excluding hydrogens is 662 g/mol. The van der Waals surface area contributed by atoms with Gasteiger partial charge in [0.2, 0.25) is 0 Å². The molecule has 14 nitrogen and oxygen atoms in total. The fourth-order valence-electron chi connectivity index (χ4n) is 7.42. The van der Waals surface area contributed by atoms with Crippen molar-refractivity contribution >= 4 is 23.5 Å². The second-order valence-corrected chi connectivity index (χ2v) is 13.3. The molecule has 270 valence electrons. The van der Waals surface area contributed by atoms with Gasteiger partial charge in [0.25, 0.3) is 6.43 Å². The van der Waals surface area contributed by atoms with Gasteiger partial charge in [0, 0.05) is 99.9 Å². The zero-order valence-electron chi connectivity index (χ0n) is 28.8. The lowest BCUT2D eigenvalue weighted by Crippen LogP contribution is -2.42. The van der Waals surface area contributed by atoms with Crippen LogP contribution in [0.2, 0.25) is 0 Å². The number of carbonyl (C=O) groups excluding carboxylic acids is 1. The van der Waals surface area contributed by atoms with Gasteiger partial charge in [0.15, 0.2) is 11.6 Å². The number of benzene rings is 1. The van der Waals surface area contributed by atoms with Crippen molar-refractivity contribution in [3.05, 3.63) is 70.7 Å². The highest BCUT2D eigenvalue weighted by atomic mass is 19.3. The molecule has 4 aromatic rings. The number of hydrogen-bond acceptors (Lipinski definition) is 9. The molecule has 0 bridgehead atoms. The van der Waals surface area contributed by atoms with Crippen molar-refractivity contribution in [3.63, 3.8) is 0 Å². The molecule has 3 aliphatic heterocycles. The molecule has 1 saturated heterocycles. The third-order valence-corrected chi connectivity index (χ3v) is 10.1. The van der Waals surface area contributed by atoms with Crippen LogP contribution in [0.5, 0.6) is 0 Å². The van der Waals surface area contributed by atoms with Crippen molar-refractivity contribution in [3.8, 4) is 11.1 Å². The van der Waals surface area contributed by atoms with Crippen LogP contribution in [0.25, 0.3) is 11.1 Å². The molecule has 3 aliphatic rings. The number of urea groups is 1. The van der Waals surface area contributed by atoms with E-state index in [1.807, 2.05) is 6.07 Å². The number of anilines is 2. The van der Waals surface area contributed by atoms with Crippen molar-refractivity contribution < 1.29 is 28.2 Å². The summed E-state index contributed by atoms with van der Waals surface area (Å²) in [4.78, 5) is 38.1. The molecule has 0 radical (unpaired) electrons. The smallest absolute Gasteiger partial charge is 0.338 e. The average Bonchev–Trinajstić information content (AvgIpc) is 3.76. The van der Waals surface area contributed by atoms with Gasteiger partial charge in [-0.15, -0.1) is 0 Å². The number of fused-ring (bicyclic) bond motifs is 2. The van der Waals surface area contributed by atoms with Gasteiger partial charge in [-0.25, -0.2) is 28.3 Å². The Morgan fingerprint density at radius 3 is 2.55 bits per heavy atom. The minimum Gasteiger partial charge on any atom is -0.478 e. The number of halogens is 2. The van der Waals surface area contributed by atoms with E-state index in [0.717, 1.165) is 73.6 Å². The number of ether oxygens (including phenoxy) is 1. The summed E-state index contributed by atoms with van der Waals surface area (Å²) < 4.78 is 38.8. The molecular formula is C35H42F2N10O4. The highest BCUT2D eigenvalue weighted by Gasteiger charge is 2.35. The average molecular weight is 705 g/mol. The number of aryl methyl sites for hydroxylation is 2. The maximum absolute atomic E-state index is 14.6. The normalized spacial score (nSPS) is 16.7. The van der Waals surface area contributed by atoms with Crippen LogP contribution in [0.4, 0.5) is 25.1 Å². The number of nitrogens with one attached hydrogen (secondary N) is 1. The third-order valence-electron chi connectivity index (χ3n) is 10.1. The Kier molecular flexibility index (Phi) is 9.95. The number of alkyl halides is 2. The van der Waals surface area contributed by atoms with E-state index < -0.39 is 12.4 Å². The summed E-state index contributed by atoms with van der Waals surface area (Å²) in [6.07, 6.45) is 7.30. The van der Waals surface area contributed by atoms with Gasteiger partial charge in [-0.2, -0.15) is 10.2 Å². The van der Waals surface area contributed by atoms with E-state index in [1.165, 1.54) is 12.4 Å². The number of likely N-dealkylation sites (tertiary alicyclic amines) is 1. The van der Waals surface area contributed by atoms with Crippen LogP contribution < -0.4 is 10.2 Å². The largest absolute Gasteiger partial charge is 0.478 e. The number of aromatic nitrogens is 6. The molecule has 0 unspecified atom stereocenters. The summed E-state index contributed by atoms with van der Waals surface area (Å²) in [7, 11) is 3.40. The van der Waals surface area contributed by atoms with Crippen molar-refractivity contribution in [2.75, 3.05) is 51.3 Å². The summed E-state index contributed by atoms with van der Waals surface area (Å²) in [5.41, 5.74) is 4.97. The van der Waals surface area contributed by atoms with Crippen LogP contribution in [0, 0.1) is 0 Å². The number of carboxylic acids is 1. The predicted octanol–water partition coefficient (Wildman–Crippen LogP) is 4.34. The van der Waals surface area contributed by atoms with Crippen LogP contribution >= 0.6 is 0 Å². The molecule has 0 atom stereocenters. The number of piperidine rings is 1. The number of amides is 2. The molecule has 0 spiro atoms. The molecule has 0 saturated carbocycles. The lowest BCUT2D eigenvalue weighted by Gasteiger charge is -2.34. The Labute approximate surface area is 294 Å². The molecule has 1 fully saturated rings. The summed E-state index contributed by atoms with van der Waals surface area (Å²) in [6, 6.07) is 3.52. The summed E-state index contributed by atoms with van der Waals surface area (Å²) in [5, 5.41) is 21.2. The van der Waals surface area contributed by atoms with Crippen LogP contribution in [-0.2, 0) is 37.8 Å². The predicted molar refractivity (Wildman–Crippen MR) is 183 cm³/mol. The van der Waals surface area contributed by atoms with Crippen molar-refractivity contribution in [1.29, 1.82) is 0 Å². The Morgan fingerprint density at radius 1 is 1.08 bits per heavy atom. The van der Waals surface area contributed by atoms with Crippen molar-refractivity contribution in [2.24, 2.45) is 7.05 Å². The molecule has 2 N–H and O–H groups in total. The van der Waals surface area contributed by atoms with Crippen LogP contribution in [0.1, 0.15) is 70.3 Å². The molecule has 1 aromatic carbocycles. The maximum atomic E-state index is 14.6. The number of carbonyl (C=O) groups is 2. The minimum atomic E-state index is -2.67. The van der Waals surface area contributed by atoms with Crippen LogP contribution in [0.3, 0.4) is 0 Å². The number of aromatic carboxylic acids is 1. The van der Waals surface area contributed by atoms with Gasteiger partial charge >= 0.3 is 12.0 Å². The van der Waals surface area contributed by atoms with Gasteiger partial charge < -0.3 is 29.9 Å². The van der Waals surface area contributed by atoms with Crippen LogP contribution in [0.15, 0.2) is 36.9 Å². The lowest BCUT2D eigenvalue weighted by atomic mass is 9.92. The molecule has 3 aromatic heterocycles. The van der Waals surface area contributed by atoms with Gasteiger partial charge in [0.05, 0.1) is 31.0 Å². The highest BCUT2D eigenvalue weighted by molar-refractivity contribution is 5.86. The quantitative estimate of drug-likeness (QED) is 0.229. The van der Waals surface area contributed by atoms with E-state index in [2.05, 4.69) is 34.9 Å². The molecule has 6 heterocycles. The summed E-state index contributed by atoms with van der Waals surface area (Å²) in [6.45, 7) is 4.74. The first-order valence-corrected chi connectivity index (χ1v) is 17.3. The minimum absolute atomic E-state index is 0.0334. The van der Waals surface area contributed by atoms with Crippen LogP contribution in [-0.4, -0.2) is 103 Å². The molecule has 51 heavy (non-hydrogen) atoms.